The molecular formula is C55H65ClF2N12O3. The maximum Gasteiger partial charge on any atom is 0.264 e. The first-order chi connectivity index (χ1) is 34.9. The number of anilines is 3. The van der Waals surface area contributed by atoms with E-state index in [1.54, 1.807) is 67.7 Å². The van der Waals surface area contributed by atoms with Gasteiger partial charge in [0.25, 0.3) is 12.3 Å². The fourth-order valence-corrected chi connectivity index (χ4v) is 14.1. The lowest BCUT2D eigenvalue weighted by Crippen LogP contribution is -2.74. The molecule has 1 spiro atoms. The number of carbonyl (C=O) groups is 2. The average Bonchev–Trinajstić information content (AvgIpc) is 3.99. The highest BCUT2D eigenvalue weighted by molar-refractivity contribution is 6.31. The zero-order valence-corrected chi connectivity index (χ0v) is 43.4. The number of alkyl halides is 2. The van der Waals surface area contributed by atoms with Crippen LogP contribution in [-0.2, 0) is 31.2 Å². The number of halogens is 3. The van der Waals surface area contributed by atoms with Gasteiger partial charge in [-0.25, -0.2) is 18.7 Å². The molecule has 4 fully saturated rings. The van der Waals surface area contributed by atoms with Gasteiger partial charge in [0.05, 0.1) is 34.9 Å². The Kier molecular flexibility index (Phi) is 12.6. The number of fused-ring (bicyclic) bond motifs is 2. The van der Waals surface area contributed by atoms with Crippen LogP contribution in [0.25, 0.3) is 11.1 Å². The lowest BCUT2D eigenvalue weighted by Gasteiger charge is -2.63. The molecule has 6 aliphatic rings. The largest absolute Gasteiger partial charge is 0.489 e. The Morgan fingerprint density at radius 1 is 0.932 bits per heavy atom. The predicted octanol–water partition coefficient (Wildman–Crippen LogP) is 9.22. The molecule has 3 aliphatic carbocycles. The average molecular weight is 1020 g/mol. The topological polar surface area (TPSA) is 154 Å². The highest BCUT2D eigenvalue weighted by atomic mass is 35.5. The van der Waals surface area contributed by atoms with E-state index in [9.17, 15) is 23.6 Å². The van der Waals surface area contributed by atoms with Crippen LogP contribution in [0, 0.1) is 27.6 Å². The number of ether oxygens (including phenoxy) is 1. The van der Waals surface area contributed by atoms with Crippen LogP contribution in [-0.4, -0.2) is 109 Å². The minimum atomic E-state index is -2.66. The minimum absolute atomic E-state index is 0.00687. The Morgan fingerprint density at radius 2 is 1.66 bits per heavy atom. The molecule has 0 bridgehead atoms. The van der Waals surface area contributed by atoms with Crippen molar-refractivity contribution in [2.75, 3.05) is 49.1 Å². The first-order valence-electron chi connectivity index (χ1n) is 26.0. The van der Waals surface area contributed by atoms with Crippen LogP contribution >= 0.6 is 11.6 Å². The highest BCUT2D eigenvalue weighted by Gasteiger charge is 2.64. The third kappa shape index (κ3) is 8.79. The lowest BCUT2D eigenvalue weighted by molar-refractivity contribution is -0.164. The molecule has 1 saturated heterocycles. The summed E-state index contributed by atoms with van der Waals surface area (Å²) in [6.07, 6.45) is 12.9. The van der Waals surface area contributed by atoms with E-state index in [-0.39, 0.29) is 35.6 Å². The Bertz CT molecular complexity index is 2960. The molecule has 6 heterocycles. The van der Waals surface area contributed by atoms with Gasteiger partial charge in [0.1, 0.15) is 17.9 Å². The predicted molar refractivity (Wildman–Crippen MR) is 274 cm³/mol. The van der Waals surface area contributed by atoms with E-state index in [1.807, 2.05) is 11.0 Å². The molecule has 384 valence electrons. The van der Waals surface area contributed by atoms with Crippen molar-refractivity contribution in [3.63, 3.8) is 0 Å². The van der Waals surface area contributed by atoms with Crippen LogP contribution < -0.4 is 19.9 Å². The summed E-state index contributed by atoms with van der Waals surface area (Å²) in [6.45, 7) is 15.2. The van der Waals surface area contributed by atoms with Gasteiger partial charge in [-0.05, 0) is 92.2 Å². The summed E-state index contributed by atoms with van der Waals surface area (Å²) in [7, 11) is 1.79. The standard InChI is InChI=1S/C55H65ClF2N12O3/c1-33(71)68-17-13-45-43(32-68)48(69-16-7-8-34-22-41(37-30-62-65(6)31-37)42(47(57)58)24-46(34)69)64-70(45)38-11-14-55(15-12-38)25-39(26-55)66-18-20-67(21-19-66)52-60-28-36(29-61-52)49(72)63-50-53(2,3)51(54(50,4)5)73-40-10-9-35(27-59)44(56)23-40/h9-10,22-24,28-31,38-39,47,50-51H,7-8,11-21,25-26,32H2,1-6H3,(H,63,72). The normalized spacial score (nSPS) is 25.4. The maximum absolute atomic E-state index is 14.8. The van der Waals surface area contributed by atoms with E-state index in [2.05, 4.69) is 73.5 Å². The number of hydrogen-bond acceptors (Lipinski definition) is 11. The lowest BCUT2D eigenvalue weighted by atomic mass is 9.49. The third-order valence-corrected chi connectivity index (χ3v) is 17.8. The second kappa shape index (κ2) is 18.7. The molecule has 3 aliphatic heterocycles. The van der Waals surface area contributed by atoms with E-state index >= 15 is 0 Å². The van der Waals surface area contributed by atoms with Gasteiger partial charge in [-0.15, -0.1) is 0 Å². The third-order valence-electron chi connectivity index (χ3n) is 17.5. The first kappa shape index (κ1) is 49.1. The van der Waals surface area contributed by atoms with Crippen LogP contribution in [0.4, 0.5) is 26.2 Å². The van der Waals surface area contributed by atoms with Gasteiger partial charge in [-0.1, -0.05) is 39.3 Å². The van der Waals surface area contributed by atoms with Gasteiger partial charge in [0.15, 0.2) is 5.82 Å². The molecule has 1 N–H and O–H groups in total. The van der Waals surface area contributed by atoms with E-state index < -0.39 is 17.3 Å². The smallest absolute Gasteiger partial charge is 0.264 e. The van der Waals surface area contributed by atoms with E-state index in [4.69, 9.17) is 21.4 Å². The van der Waals surface area contributed by atoms with Gasteiger partial charge in [0.2, 0.25) is 11.9 Å². The van der Waals surface area contributed by atoms with Crippen molar-refractivity contribution < 1.29 is 23.1 Å². The summed E-state index contributed by atoms with van der Waals surface area (Å²) in [6, 6.07) is 11.4. The molecule has 73 heavy (non-hydrogen) atoms. The number of nitrogens with one attached hydrogen (secondary N) is 1. The quantitative estimate of drug-likeness (QED) is 0.143. The van der Waals surface area contributed by atoms with Crippen LogP contribution in [0.5, 0.6) is 5.75 Å². The molecule has 5 aromatic rings. The number of benzene rings is 2. The Balaban J connectivity index is 0.696. The Hall–Kier alpha value is -6.12. The maximum atomic E-state index is 14.8. The number of carbonyl (C=O) groups excluding carboxylic acids is 2. The van der Waals surface area contributed by atoms with Gasteiger partial charge in [-0.2, -0.15) is 15.5 Å². The highest BCUT2D eigenvalue weighted by Crippen LogP contribution is 2.57. The van der Waals surface area contributed by atoms with Crippen LogP contribution in [0.1, 0.15) is 130 Å². The van der Waals surface area contributed by atoms with Crippen molar-refractivity contribution in [1.29, 1.82) is 5.26 Å². The summed E-state index contributed by atoms with van der Waals surface area (Å²) in [5, 5.41) is 22.5. The minimum Gasteiger partial charge on any atom is -0.489 e. The molecular weight excluding hydrogens is 950 g/mol. The van der Waals surface area contributed by atoms with Crippen molar-refractivity contribution >= 4 is 40.9 Å². The summed E-state index contributed by atoms with van der Waals surface area (Å²) < 4.78 is 39.9. The number of hydrogen-bond donors (Lipinski definition) is 1. The number of amides is 2. The molecule has 3 saturated carbocycles. The van der Waals surface area contributed by atoms with Crippen LogP contribution in [0.2, 0.25) is 5.02 Å². The summed E-state index contributed by atoms with van der Waals surface area (Å²) in [4.78, 5) is 44.5. The molecule has 15 nitrogen and oxygen atoms in total. The number of rotatable bonds is 10. The summed E-state index contributed by atoms with van der Waals surface area (Å²) >= 11 is 6.28. The monoisotopic (exact) mass is 1010 g/mol. The number of nitrogens with zero attached hydrogens (tertiary/aromatic N) is 11. The summed E-state index contributed by atoms with van der Waals surface area (Å²) in [5.74, 6) is 1.83. The van der Waals surface area contributed by atoms with E-state index in [1.165, 1.54) is 18.5 Å². The van der Waals surface area contributed by atoms with Crippen molar-refractivity contribution in [1.82, 2.24) is 44.6 Å². The molecule has 2 amide bonds. The van der Waals surface area contributed by atoms with Crippen LogP contribution in [0.3, 0.4) is 0 Å². The molecule has 0 atom stereocenters. The van der Waals surface area contributed by atoms with Gasteiger partial charge >= 0.3 is 0 Å². The molecule has 3 aromatic heterocycles. The summed E-state index contributed by atoms with van der Waals surface area (Å²) in [5.41, 5.74) is 5.58. The van der Waals surface area contributed by atoms with Crippen molar-refractivity contribution in [2.45, 2.75) is 130 Å². The fourth-order valence-electron chi connectivity index (χ4n) is 13.8. The van der Waals surface area contributed by atoms with Gasteiger partial charge < -0.3 is 24.8 Å². The van der Waals surface area contributed by atoms with Gasteiger partial charge in [0, 0.05) is 135 Å². The SMILES string of the molecule is CC(=O)N1CCc2c(c(N3CCCc4cc(-c5cnn(C)c5)c(C(F)F)cc43)nn2C2CCC3(CC2)CC(N2CCN(c4ncc(C(=O)NC5C(C)(C)C(Oc6ccc(C#N)c(Cl)c6)C5(C)C)cn4)CC2)C3)C1. The van der Waals surface area contributed by atoms with Crippen LogP contribution in [0.15, 0.2) is 55.1 Å². The number of nitriles is 1. The molecule has 0 radical (unpaired) electrons. The fraction of sp³-hybridized carbons (Fsp3) is 0.545. The number of aryl methyl sites for hydroxylation is 2. The van der Waals surface area contributed by atoms with Crippen molar-refractivity contribution in [2.24, 2.45) is 23.3 Å². The molecule has 11 rings (SSSR count). The zero-order chi connectivity index (χ0) is 51.1. The Labute approximate surface area is 430 Å². The van der Waals surface area contributed by atoms with Crippen molar-refractivity contribution in [3.05, 3.63) is 93.7 Å². The van der Waals surface area contributed by atoms with E-state index in [0.717, 1.165) is 93.8 Å². The number of aromatic nitrogens is 6. The molecule has 0 unspecified atom stereocenters. The zero-order valence-electron chi connectivity index (χ0n) is 42.7. The molecule has 2 aromatic carbocycles. The number of piperazine rings is 1. The first-order valence-corrected chi connectivity index (χ1v) is 26.4. The van der Waals surface area contributed by atoms with E-state index in [0.29, 0.717) is 70.1 Å². The van der Waals surface area contributed by atoms with Crippen molar-refractivity contribution in [3.8, 4) is 22.9 Å². The second-order valence-corrected chi connectivity index (χ2v) is 23.2. The molecule has 18 heteroatoms. The second-order valence-electron chi connectivity index (χ2n) is 22.8. The Morgan fingerprint density at radius 3 is 2.30 bits per heavy atom. The van der Waals surface area contributed by atoms with Gasteiger partial charge in [-0.3, -0.25) is 23.9 Å².